The van der Waals surface area contributed by atoms with Gasteiger partial charge in [-0.2, -0.15) is 0 Å². The molecule has 0 heterocycles. The zero-order chi connectivity index (χ0) is 14.8. The average Bonchev–Trinajstić information content (AvgIpc) is 2.89. The van der Waals surface area contributed by atoms with Crippen molar-refractivity contribution in [2.45, 2.75) is 44.8 Å². The van der Waals surface area contributed by atoms with Gasteiger partial charge in [-0.15, -0.1) is 12.4 Å². The van der Waals surface area contributed by atoms with E-state index in [1.807, 2.05) is 0 Å². The number of rotatable bonds is 5. The van der Waals surface area contributed by atoms with E-state index in [9.17, 15) is 5.11 Å². The molecule has 3 N–H and O–H groups in total. The molecule has 0 aromatic heterocycles. The molecule has 0 aliphatic heterocycles. The second kappa shape index (κ2) is 7.28. The fourth-order valence-electron chi connectivity index (χ4n) is 3.19. The molecule has 2 aromatic carbocycles. The molecule has 22 heavy (non-hydrogen) atoms. The highest BCUT2D eigenvalue weighted by molar-refractivity contribution is 5.85. The first-order chi connectivity index (χ1) is 10.2. The Bertz CT molecular complexity index is 641. The monoisotopic (exact) mass is 317 g/mol. The number of benzene rings is 2. The Balaban J connectivity index is 0.00000176. The van der Waals surface area contributed by atoms with Crippen molar-refractivity contribution in [3.8, 4) is 11.1 Å². The van der Waals surface area contributed by atoms with Gasteiger partial charge in [0.15, 0.2) is 0 Å². The van der Waals surface area contributed by atoms with Crippen molar-refractivity contribution in [2.24, 2.45) is 5.73 Å². The third kappa shape index (κ3) is 3.19. The quantitative estimate of drug-likeness (QED) is 0.739. The average molecular weight is 318 g/mol. The number of hydrogen-bond acceptors (Lipinski definition) is 2. The molecule has 0 spiro atoms. The molecule has 0 saturated carbocycles. The van der Waals surface area contributed by atoms with Crippen LogP contribution in [0.15, 0.2) is 42.5 Å². The molecule has 2 nitrogen and oxygen atoms in total. The normalized spacial score (nSPS) is 14.7. The van der Waals surface area contributed by atoms with E-state index >= 15 is 0 Å². The SMILES string of the molecule is CCCC[C@H](O)[C@H](N)c1ccc2c(c1)Cc1ccccc1-2.Cl. The Kier molecular flexibility index (Phi) is 5.63. The van der Waals surface area contributed by atoms with E-state index in [2.05, 4.69) is 49.4 Å². The highest BCUT2D eigenvalue weighted by Crippen LogP contribution is 2.37. The number of fused-ring (bicyclic) bond motifs is 3. The summed E-state index contributed by atoms with van der Waals surface area (Å²) < 4.78 is 0. The highest BCUT2D eigenvalue weighted by atomic mass is 35.5. The molecular weight excluding hydrogens is 294 g/mol. The summed E-state index contributed by atoms with van der Waals surface area (Å²) in [5.41, 5.74) is 12.6. The fourth-order valence-corrected chi connectivity index (χ4v) is 3.19. The Morgan fingerprint density at radius 1 is 1.09 bits per heavy atom. The molecule has 0 saturated heterocycles. The van der Waals surface area contributed by atoms with Gasteiger partial charge in [0, 0.05) is 0 Å². The molecule has 0 bridgehead atoms. The summed E-state index contributed by atoms with van der Waals surface area (Å²) >= 11 is 0. The maximum absolute atomic E-state index is 10.2. The molecule has 1 aliphatic carbocycles. The zero-order valence-corrected chi connectivity index (χ0v) is 13.8. The molecule has 1 aliphatic rings. The van der Waals surface area contributed by atoms with E-state index in [1.165, 1.54) is 22.3 Å². The largest absolute Gasteiger partial charge is 0.391 e. The summed E-state index contributed by atoms with van der Waals surface area (Å²) in [5.74, 6) is 0. The number of unbranched alkanes of at least 4 members (excludes halogenated alkanes) is 1. The van der Waals surface area contributed by atoms with Crippen LogP contribution in [-0.2, 0) is 6.42 Å². The lowest BCUT2D eigenvalue weighted by Gasteiger charge is -2.19. The van der Waals surface area contributed by atoms with Crippen molar-refractivity contribution in [3.63, 3.8) is 0 Å². The number of aliphatic hydroxyl groups excluding tert-OH is 1. The molecule has 3 rings (SSSR count). The van der Waals surface area contributed by atoms with E-state index in [-0.39, 0.29) is 18.4 Å². The summed E-state index contributed by atoms with van der Waals surface area (Å²) in [7, 11) is 0. The molecule has 2 aromatic rings. The van der Waals surface area contributed by atoms with Crippen LogP contribution in [0.4, 0.5) is 0 Å². The fraction of sp³-hybridized carbons (Fsp3) is 0.368. The maximum Gasteiger partial charge on any atom is 0.0732 e. The first-order valence-electron chi connectivity index (χ1n) is 7.85. The van der Waals surface area contributed by atoms with E-state index < -0.39 is 6.10 Å². The van der Waals surface area contributed by atoms with Crippen LogP contribution >= 0.6 is 12.4 Å². The van der Waals surface area contributed by atoms with Gasteiger partial charge >= 0.3 is 0 Å². The van der Waals surface area contributed by atoms with Crippen LogP contribution in [0.3, 0.4) is 0 Å². The van der Waals surface area contributed by atoms with Gasteiger partial charge in [0.1, 0.15) is 0 Å². The van der Waals surface area contributed by atoms with Gasteiger partial charge in [-0.05, 0) is 40.7 Å². The van der Waals surface area contributed by atoms with Crippen LogP contribution in [0, 0.1) is 0 Å². The van der Waals surface area contributed by atoms with Gasteiger partial charge in [-0.1, -0.05) is 62.2 Å². The Hall–Kier alpha value is -1.35. The standard InChI is InChI=1S/C19H23NO.ClH/c1-2-3-8-18(21)19(20)14-9-10-17-15(12-14)11-13-6-4-5-7-16(13)17;/h4-7,9-10,12,18-19,21H,2-3,8,11,20H2,1H3;1H/t18-,19+;/m0./s1. The van der Waals surface area contributed by atoms with Crippen LogP contribution < -0.4 is 5.73 Å². The smallest absolute Gasteiger partial charge is 0.0732 e. The molecule has 2 atom stereocenters. The molecule has 3 heteroatoms. The van der Waals surface area contributed by atoms with Crippen LogP contribution in [0.1, 0.15) is 48.9 Å². The van der Waals surface area contributed by atoms with Crippen molar-refractivity contribution in [3.05, 3.63) is 59.2 Å². The zero-order valence-electron chi connectivity index (χ0n) is 13.0. The summed E-state index contributed by atoms with van der Waals surface area (Å²) in [4.78, 5) is 0. The van der Waals surface area contributed by atoms with E-state index in [1.54, 1.807) is 0 Å². The lowest BCUT2D eigenvalue weighted by atomic mass is 9.95. The Labute approximate surface area is 138 Å². The number of hydrogen-bond donors (Lipinski definition) is 2. The maximum atomic E-state index is 10.2. The van der Waals surface area contributed by atoms with E-state index in [4.69, 9.17) is 5.73 Å². The van der Waals surface area contributed by atoms with Gasteiger partial charge in [0.2, 0.25) is 0 Å². The van der Waals surface area contributed by atoms with Crippen LogP contribution in [0.2, 0.25) is 0 Å². The summed E-state index contributed by atoms with van der Waals surface area (Å²) in [6.07, 6.45) is 3.40. The van der Waals surface area contributed by atoms with E-state index in [0.29, 0.717) is 0 Å². The third-order valence-corrected chi connectivity index (χ3v) is 4.47. The number of halogens is 1. The molecule has 0 fully saturated rings. The van der Waals surface area contributed by atoms with Gasteiger partial charge < -0.3 is 10.8 Å². The van der Waals surface area contributed by atoms with Crippen LogP contribution in [0.25, 0.3) is 11.1 Å². The second-order valence-corrected chi connectivity index (χ2v) is 5.99. The summed E-state index contributed by atoms with van der Waals surface area (Å²) in [6, 6.07) is 14.7. The topological polar surface area (TPSA) is 46.2 Å². The predicted molar refractivity (Wildman–Crippen MR) is 94.4 cm³/mol. The first kappa shape index (κ1) is 17.0. The van der Waals surface area contributed by atoms with Gasteiger partial charge in [0.25, 0.3) is 0 Å². The lowest BCUT2D eigenvalue weighted by molar-refractivity contribution is 0.132. The van der Waals surface area contributed by atoms with Crippen molar-refractivity contribution in [2.75, 3.05) is 0 Å². The third-order valence-electron chi connectivity index (χ3n) is 4.47. The van der Waals surface area contributed by atoms with Crippen molar-refractivity contribution in [1.82, 2.24) is 0 Å². The molecular formula is C19H24ClNO. The minimum absolute atomic E-state index is 0. The first-order valence-corrected chi connectivity index (χ1v) is 7.85. The Morgan fingerprint density at radius 2 is 1.82 bits per heavy atom. The minimum Gasteiger partial charge on any atom is -0.391 e. The van der Waals surface area contributed by atoms with Crippen LogP contribution in [0.5, 0.6) is 0 Å². The Morgan fingerprint density at radius 3 is 2.59 bits per heavy atom. The predicted octanol–water partition coefficient (Wildman–Crippen LogP) is 4.23. The molecule has 0 amide bonds. The summed E-state index contributed by atoms with van der Waals surface area (Å²) in [6.45, 7) is 2.13. The number of nitrogens with two attached hydrogens (primary N) is 1. The number of aliphatic hydroxyl groups is 1. The molecule has 0 radical (unpaired) electrons. The van der Waals surface area contributed by atoms with Crippen LogP contribution in [-0.4, -0.2) is 11.2 Å². The molecule has 118 valence electrons. The highest BCUT2D eigenvalue weighted by Gasteiger charge is 2.21. The van der Waals surface area contributed by atoms with Gasteiger partial charge in [-0.25, -0.2) is 0 Å². The summed E-state index contributed by atoms with van der Waals surface area (Å²) in [5, 5.41) is 10.2. The van der Waals surface area contributed by atoms with Gasteiger partial charge in [0.05, 0.1) is 12.1 Å². The second-order valence-electron chi connectivity index (χ2n) is 5.99. The van der Waals surface area contributed by atoms with Crippen molar-refractivity contribution >= 4 is 12.4 Å². The van der Waals surface area contributed by atoms with E-state index in [0.717, 1.165) is 31.2 Å². The minimum atomic E-state index is -0.452. The molecule has 0 unspecified atom stereocenters. The van der Waals surface area contributed by atoms with Crippen molar-refractivity contribution < 1.29 is 5.11 Å². The van der Waals surface area contributed by atoms with Gasteiger partial charge in [-0.3, -0.25) is 0 Å². The van der Waals surface area contributed by atoms with Crippen molar-refractivity contribution in [1.29, 1.82) is 0 Å². The lowest BCUT2D eigenvalue weighted by Crippen LogP contribution is -2.26.